The largest absolute Gasteiger partial charge is 0.349 e. The van der Waals surface area contributed by atoms with Gasteiger partial charge in [0, 0.05) is 124 Å². The summed E-state index contributed by atoms with van der Waals surface area (Å²) in [6.07, 6.45) is 0. The minimum atomic E-state index is 0.906. The lowest BCUT2D eigenvalue weighted by molar-refractivity contribution is 0.218. The highest BCUT2D eigenvalue weighted by molar-refractivity contribution is 5.80. The molecule has 0 radical (unpaired) electrons. The van der Waals surface area contributed by atoms with Gasteiger partial charge in [-0.15, -0.1) is 0 Å². The quantitative estimate of drug-likeness (QED) is 0.361. The molecule has 182 valence electrons. The van der Waals surface area contributed by atoms with E-state index in [0.717, 1.165) is 57.1 Å². The van der Waals surface area contributed by atoms with Gasteiger partial charge in [-0.3, -0.25) is 19.9 Å². The molecule has 0 aromatic carbocycles. The molecule has 0 bridgehead atoms. The van der Waals surface area contributed by atoms with E-state index in [0.29, 0.717) is 0 Å². The van der Waals surface area contributed by atoms with Crippen molar-refractivity contribution in [3.8, 4) is 0 Å². The molecule has 31 heavy (non-hydrogen) atoms. The highest BCUT2D eigenvalue weighted by atomic mass is 15.4. The summed E-state index contributed by atoms with van der Waals surface area (Å²) in [6.45, 7) is 5.57. The number of hydrogen-bond acceptors (Lipinski definition) is 4. The van der Waals surface area contributed by atoms with Crippen molar-refractivity contribution in [2.45, 2.75) is 0 Å². The first kappa shape index (κ1) is 28.8. The number of rotatable bonds is 9. The van der Waals surface area contributed by atoms with Gasteiger partial charge in [0.1, 0.15) is 0 Å². The van der Waals surface area contributed by atoms with Crippen LogP contribution in [0.4, 0.5) is 0 Å². The molecular formula is C21H48N10. The molecule has 0 aromatic rings. The predicted octanol–water partition coefficient (Wildman–Crippen LogP) is -0.274. The standard InChI is InChI=1S/C21H48N10/c1-22-19(25(4)5)28(10)13-16-31(17-14-29(11)20(23-2)26(6)7)18-15-30(12)21(24-3)27(8)9/h13-18H2,1-12H3. The van der Waals surface area contributed by atoms with Gasteiger partial charge < -0.3 is 29.4 Å². The normalized spacial score (nSPS) is 12.9. The average molecular weight is 441 g/mol. The third-order valence-corrected chi connectivity index (χ3v) is 5.08. The predicted molar refractivity (Wildman–Crippen MR) is 135 cm³/mol. The maximum Gasteiger partial charge on any atom is 0.195 e. The van der Waals surface area contributed by atoms with Crippen LogP contribution in [-0.4, -0.2) is 176 Å². The van der Waals surface area contributed by atoms with Crippen LogP contribution >= 0.6 is 0 Å². The second kappa shape index (κ2) is 14.7. The molecule has 0 aromatic heterocycles. The Kier molecular flexibility index (Phi) is 13.7. The summed E-state index contributed by atoms with van der Waals surface area (Å²) in [4.78, 5) is 28.5. The van der Waals surface area contributed by atoms with Crippen LogP contribution in [-0.2, 0) is 0 Å². The van der Waals surface area contributed by atoms with Crippen molar-refractivity contribution in [2.24, 2.45) is 15.0 Å². The monoisotopic (exact) mass is 440 g/mol. The Labute approximate surface area is 191 Å². The molecule has 0 aliphatic heterocycles. The fourth-order valence-corrected chi connectivity index (χ4v) is 3.65. The zero-order valence-electron chi connectivity index (χ0n) is 22.2. The van der Waals surface area contributed by atoms with Crippen LogP contribution < -0.4 is 0 Å². The van der Waals surface area contributed by atoms with Gasteiger partial charge in [-0.1, -0.05) is 0 Å². The highest BCUT2D eigenvalue weighted by Crippen LogP contribution is 2.00. The van der Waals surface area contributed by atoms with Crippen molar-refractivity contribution < 1.29 is 0 Å². The number of likely N-dealkylation sites (N-methyl/N-ethyl adjacent to an activating group) is 3. The van der Waals surface area contributed by atoms with Crippen molar-refractivity contribution in [2.75, 3.05) is 124 Å². The average Bonchev–Trinajstić information content (AvgIpc) is 2.67. The van der Waals surface area contributed by atoms with E-state index >= 15 is 0 Å². The Morgan fingerprint density at radius 1 is 0.419 bits per heavy atom. The molecule has 0 atom stereocenters. The van der Waals surface area contributed by atoms with E-state index < -0.39 is 0 Å². The van der Waals surface area contributed by atoms with Crippen molar-refractivity contribution in [3.05, 3.63) is 0 Å². The van der Waals surface area contributed by atoms with Gasteiger partial charge >= 0.3 is 0 Å². The maximum atomic E-state index is 4.41. The van der Waals surface area contributed by atoms with Gasteiger partial charge in [-0.05, 0) is 0 Å². The van der Waals surface area contributed by atoms with E-state index in [1.165, 1.54) is 0 Å². The lowest BCUT2D eigenvalue weighted by Gasteiger charge is -2.33. The topological polar surface area (TPSA) is 59.8 Å². The van der Waals surface area contributed by atoms with Gasteiger partial charge in [0.25, 0.3) is 0 Å². The summed E-state index contributed by atoms with van der Waals surface area (Å²) in [6, 6.07) is 0. The fourth-order valence-electron chi connectivity index (χ4n) is 3.65. The summed E-state index contributed by atoms with van der Waals surface area (Å²) in [5.74, 6) is 2.95. The molecule has 0 saturated heterocycles. The van der Waals surface area contributed by atoms with Crippen molar-refractivity contribution >= 4 is 17.9 Å². The van der Waals surface area contributed by atoms with E-state index in [2.05, 4.69) is 55.7 Å². The van der Waals surface area contributed by atoms with Crippen LogP contribution in [0.25, 0.3) is 0 Å². The molecule has 0 saturated carbocycles. The smallest absolute Gasteiger partial charge is 0.195 e. The summed E-state index contributed by atoms with van der Waals surface area (Å²) in [7, 11) is 24.0. The minimum absolute atomic E-state index is 0.906. The summed E-state index contributed by atoms with van der Waals surface area (Å²) in [5, 5.41) is 0. The Hall–Kier alpha value is -2.23. The van der Waals surface area contributed by atoms with Crippen molar-refractivity contribution in [3.63, 3.8) is 0 Å². The Morgan fingerprint density at radius 2 is 0.645 bits per heavy atom. The molecule has 10 nitrogen and oxygen atoms in total. The fraction of sp³-hybridized carbons (Fsp3) is 0.857. The molecule has 10 heteroatoms. The summed E-state index contributed by atoms with van der Waals surface area (Å²) < 4.78 is 0. The van der Waals surface area contributed by atoms with Gasteiger partial charge in [0.2, 0.25) is 0 Å². The van der Waals surface area contributed by atoms with Gasteiger partial charge in [0.15, 0.2) is 17.9 Å². The first-order chi connectivity index (χ1) is 14.5. The van der Waals surface area contributed by atoms with Gasteiger partial charge in [0.05, 0.1) is 0 Å². The third kappa shape index (κ3) is 10.1. The Morgan fingerprint density at radius 3 is 0.806 bits per heavy atom. The zero-order valence-corrected chi connectivity index (χ0v) is 22.2. The molecule has 0 aliphatic rings. The van der Waals surface area contributed by atoms with Crippen molar-refractivity contribution in [1.29, 1.82) is 0 Å². The van der Waals surface area contributed by atoms with E-state index in [-0.39, 0.29) is 0 Å². The lowest BCUT2D eigenvalue weighted by atomic mass is 10.4. The van der Waals surface area contributed by atoms with Gasteiger partial charge in [-0.25, -0.2) is 0 Å². The van der Waals surface area contributed by atoms with E-state index in [1.807, 2.05) is 78.1 Å². The highest BCUT2D eigenvalue weighted by Gasteiger charge is 2.15. The Balaban J connectivity index is 5.16. The summed E-state index contributed by atoms with van der Waals surface area (Å²) in [5.41, 5.74) is 0. The third-order valence-electron chi connectivity index (χ3n) is 5.08. The minimum Gasteiger partial charge on any atom is -0.349 e. The molecule has 0 aliphatic carbocycles. The lowest BCUT2D eigenvalue weighted by Crippen LogP contribution is -2.48. The first-order valence-electron chi connectivity index (χ1n) is 10.8. The molecule has 0 heterocycles. The molecule has 0 N–H and O–H groups in total. The first-order valence-corrected chi connectivity index (χ1v) is 10.8. The number of aliphatic imine (C=N–C) groups is 3. The molecule has 0 unspecified atom stereocenters. The number of hydrogen-bond donors (Lipinski definition) is 0. The van der Waals surface area contributed by atoms with Crippen LogP contribution in [0.2, 0.25) is 0 Å². The van der Waals surface area contributed by atoms with Crippen LogP contribution in [0.3, 0.4) is 0 Å². The van der Waals surface area contributed by atoms with Crippen LogP contribution in [0.5, 0.6) is 0 Å². The van der Waals surface area contributed by atoms with Crippen LogP contribution in [0.1, 0.15) is 0 Å². The Bertz CT molecular complexity index is 502. The van der Waals surface area contributed by atoms with Crippen LogP contribution in [0, 0.1) is 0 Å². The molecule has 0 fully saturated rings. The van der Waals surface area contributed by atoms with Gasteiger partial charge in [-0.2, -0.15) is 0 Å². The SMILES string of the molecule is CN=C(N(C)C)N(C)CCN(CCN(C)C(=NC)N(C)C)CCN(C)C(=NC)N(C)C. The zero-order chi connectivity index (χ0) is 24.1. The molecular weight excluding hydrogens is 392 g/mol. The second-order valence-corrected chi connectivity index (χ2v) is 8.36. The molecule has 0 spiro atoms. The molecule has 0 amide bonds. The van der Waals surface area contributed by atoms with E-state index in [1.54, 1.807) is 0 Å². The van der Waals surface area contributed by atoms with E-state index in [4.69, 9.17) is 0 Å². The number of nitrogens with zero attached hydrogens (tertiary/aromatic N) is 10. The van der Waals surface area contributed by atoms with Crippen LogP contribution in [0.15, 0.2) is 15.0 Å². The maximum absolute atomic E-state index is 4.41. The summed E-state index contributed by atoms with van der Waals surface area (Å²) >= 11 is 0. The molecule has 0 rings (SSSR count). The van der Waals surface area contributed by atoms with E-state index in [9.17, 15) is 0 Å². The second-order valence-electron chi connectivity index (χ2n) is 8.36. The van der Waals surface area contributed by atoms with Crippen molar-refractivity contribution in [1.82, 2.24) is 34.3 Å². The number of guanidine groups is 3.